The summed E-state index contributed by atoms with van der Waals surface area (Å²) in [6.45, 7) is 8.78. The molecule has 0 aliphatic heterocycles. The third kappa shape index (κ3) is 8.20. The Morgan fingerprint density at radius 2 is 1.70 bits per heavy atom. The van der Waals surface area contributed by atoms with Gasteiger partial charge >= 0.3 is 0 Å². The van der Waals surface area contributed by atoms with E-state index >= 15 is 0 Å². The lowest BCUT2D eigenvalue weighted by atomic mass is 10.1. The number of carbonyl (C=O) groups is 1. The lowest BCUT2D eigenvalue weighted by Crippen LogP contribution is -2.44. The van der Waals surface area contributed by atoms with Gasteiger partial charge in [-0.3, -0.25) is 4.48 Å². The molecule has 1 N–H and O–H groups in total. The lowest BCUT2D eigenvalue weighted by Gasteiger charge is -2.33. The summed E-state index contributed by atoms with van der Waals surface area (Å²) < 4.78 is 0.646. The maximum atomic E-state index is 10.5. The molecule has 0 aromatic rings. The summed E-state index contributed by atoms with van der Waals surface area (Å²) in [6, 6.07) is 0. The smallest absolute Gasteiger partial charge is 0.145 e. The summed E-state index contributed by atoms with van der Waals surface area (Å²) in [5, 5.41) is 20.6. The van der Waals surface area contributed by atoms with E-state index < -0.39 is 5.97 Å². The zero-order valence-corrected chi connectivity index (χ0v) is 13.4. The number of unbranched alkanes of at least 4 members (excludes halogenated alkanes) is 3. The molecule has 118 valence electrons. The van der Waals surface area contributed by atoms with E-state index in [1.54, 1.807) is 0 Å². The van der Waals surface area contributed by atoms with Crippen LogP contribution in [0.5, 0.6) is 0 Å². The van der Waals surface area contributed by atoms with Crippen molar-refractivity contribution in [2.24, 2.45) is 0 Å². The number of carboxylic acid groups (broad SMARTS) is 1. The minimum absolute atomic E-state index is 0.0884. The van der Waals surface area contributed by atoms with Crippen LogP contribution < -0.4 is 5.11 Å². The van der Waals surface area contributed by atoms with Crippen molar-refractivity contribution in [1.82, 2.24) is 0 Å². The van der Waals surface area contributed by atoms with E-state index in [0.717, 1.165) is 38.9 Å². The van der Waals surface area contributed by atoms with Crippen molar-refractivity contribution < 1.29 is 19.5 Å². The van der Waals surface area contributed by atoms with E-state index in [1.807, 2.05) is 6.20 Å². The molecule has 0 aliphatic rings. The fourth-order valence-electron chi connectivity index (χ4n) is 2.44. The number of carbonyl (C=O) groups excluding carboxylic acids is 1. The van der Waals surface area contributed by atoms with Crippen LogP contribution in [0.2, 0.25) is 0 Å². The molecule has 0 atom stereocenters. The van der Waals surface area contributed by atoms with Gasteiger partial charge in [-0.05, 0) is 26.7 Å². The van der Waals surface area contributed by atoms with Gasteiger partial charge in [0, 0.05) is 18.8 Å². The van der Waals surface area contributed by atoms with Crippen LogP contribution in [-0.2, 0) is 4.79 Å². The number of allylic oxidation sites excluding steroid dienone is 1. The molecule has 0 aliphatic carbocycles. The monoisotopic (exact) mass is 285 g/mol. The minimum Gasteiger partial charge on any atom is -0.550 e. The molecule has 0 rings (SSSR count). The number of carboxylic acids is 1. The summed E-state index contributed by atoms with van der Waals surface area (Å²) >= 11 is 0. The standard InChI is InChI=1S/C16H31NO3/c1-4-7-8-9-11-15(18)14-17(5-2,6-3)13-10-12-16(19)20/h14H,4-13H2,1-3H3,(H-,18,19,20)/b15-14-. The van der Waals surface area contributed by atoms with Crippen LogP contribution in [0.4, 0.5) is 0 Å². The van der Waals surface area contributed by atoms with Gasteiger partial charge in [0.1, 0.15) is 12.0 Å². The van der Waals surface area contributed by atoms with Crippen molar-refractivity contribution in [3.63, 3.8) is 0 Å². The lowest BCUT2D eigenvalue weighted by molar-refractivity contribution is -0.877. The second kappa shape index (κ2) is 10.7. The molecular weight excluding hydrogens is 254 g/mol. The second-order valence-corrected chi connectivity index (χ2v) is 5.48. The fourth-order valence-corrected chi connectivity index (χ4v) is 2.44. The Morgan fingerprint density at radius 1 is 1.05 bits per heavy atom. The zero-order valence-electron chi connectivity index (χ0n) is 13.4. The van der Waals surface area contributed by atoms with Crippen LogP contribution in [0.1, 0.15) is 65.7 Å². The first kappa shape index (κ1) is 19.0. The molecule has 4 nitrogen and oxygen atoms in total. The Hall–Kier alpha value is -1.03. The maximum Gasteiger partial charge on any atom is 0.145 e. The number of nitrogens with zero attached hydrogens (tertiary/aromatic N) is 1. The number of aliphatic hydroxyl groups excluding tert-OH is 1. The SMILES string of the molecule is CCCCCC/C(O)=C/[N+](CC)(CC)CCCC(=O)[O-]. The number of hydrogen-bond donors (Lipinski definition) is 1. The van der Waals surface area contributed by atoms with Gasteiger partial charge in [0.2, 0.25) is 0 Å². The third-order valence-electron chi connectivity index (χ3n) is 3.95. The molecule has 0 radical (unpaired) electrons. The molecule has 0 amide bonds. The molecule has 0 saturated carbocycles. The molecular formula is C16H31NO3. The first-order valence-corrected chi connectivity index (χ1v) is 7.96. The molecule has 0 bridgehead atoms. The topological polar surface area (TPSA) is 60.4 Å². The summed E-state index contributed by atoms with van der Waals surface area (Å²) in [4.78, 5) is 10.5. The maximum absolute atomic E-state index is 10.5. The molecule has 0 saturated heterocycles. The van der Waals surface area contributed by atoms with E-state index in [0.29, 0.717) is 16.7 Å². The predicted molar refractivity (Wildman–Crippen MR) is 79.9 cm³/mol. The van der Waals surface area contributed by atoms with Gasteiger partial charge in [-0.1, -0.05) is 26.2 Å². The highest BCUT2D eigenvalue weighted by molar-refractivity contribution is 5.64. The van der Waals surface area contributed by atoms with Gasteiger partial charge in [0.05, 0.1) is 19.6 Å². The Morgan fingerprint density at radius 3 is 2.20 bits per heavy atom. The Labute approximate surface area is 123 Å². The van der Waals surface area contributed by atoms with Gasteiger partial charge in [-0.15, -0.1) is 0 Å². The van der Waals surface area contributed by atoms with E-state index in [4.69, 9.17) is 0 Å². The van der Waals surface area contributed by atoms with Crippen LogP contribution in [0.15, 0.2) is 12.0 Å². The first-order chi connectivity index (χ1) is 9.49. The van der Waals surface area contributed by atoms with Crippen LogP contribution in [0.25, 0.3) is 0 Å². The molecule has 0 fully saturated rings. The quantitative estimate of drug-likeness (QED) is 0.341. The van der Waals surface area contributed by atoms with E-state index in [9.17, 15) is 15.0 Å². The average molecular weight is 285 g/mol. The molecule has 0 aromatic heterocycles. The number of quaternary nitrogens is 1. The van der Waals surface area contributed by atoms with Crippen molar-refractivity contribution in [3.8, 4) is 0 Å². The van der Waals surface area contributed by atoms with Gasteiger partial charge < -0.3 is 15.0 Å². The van der Waals surface area contributed by atoms with Crippen molar-refractivity contribution in [1.29, 1.82) is 0 Å². The average Bonchev–Trinajstić information content (AvgIpc) is 2.42. The van der Waals surface area contributed by atoms with Crippen molar-refractivity contribution in [2.45, 2.75) is 65.7 Å². The minimum atomic E-state index is -0.997. The summed E-state index contributed by atoms with van der Waals surface area (Å²) in [7, 11) is 0. The zero-order chi connectivity index (χ0) is 15.4. The summed E-state index contributed by atoms with van der Waals surface area (Å²) in [5.41, 5.74) is 0. The van der Waals surface area contributed by atoms with Crippen LogP contribution >= 0.6 is 0 Å². The Kier molecular flexibility index (Phi) is 10.2. The van der Waals surface area contributed by atoms with Crippen LogP contribution in [-0.4, -0.2) is 35.2 Å². The van der Waals surface area contributed by atoms with Gasteiger partial charge in [0.25, 0.3) is 0 Å². The van der Waals surface area contributed by atoms with Crippen LogP contribution in [0.3, 0.4) is 0 Å². The normalized spacial score (nSPS) is 12.7. The van der Waals surface area contributed by atoms with Crippen LogP contribution in [0, 0.1) is 0 Å². The van der Waals surface area contributed by atoms with Crippen molar-refractivity contribution in [3.05, 3.63) is 12.0 Å². The molecule has 4 heteroatoms. The van der Waals surface area contributed by atoms with Crippen molar-refractivity contribution >= 4 is 5.97 Å². The van der Waals surface area contributed by atoms with Gasteiger partial charge in [-0.2, -0.15) is 0 Å². The van der Waals surface area contributed by atoms with E-state index in [-0.39, 0.29) is 6.42 Å². The fraction of sp³-hybridized carbons (Fsp3) is 0.812. The highest BCUT2D eigenvalue weighted by Crippen LogP contribution is 2.16. The number of hydrogen-bond acceptors (Lipinski definition) is 3. The van der Waals surface area contributed by atoms with Crippen molar-refractivity contribution in [2.75, 3.05) is 19.6 Å². The first-order valence-electron chi connectivity index (χ1n) is 7.96. The Balaban J connectivity index is 4.42. The van der Waals surface area contributed by atoms with Gasteiger partial charge in [0.15, 0.2) is 0 Å². The highest BCUT2D eigenvalue weighted by atomic mass is 16.4. The molecule has 20 heavy (non-hydrogen) atoms. The molecule has 0 heterocycles. The molecule has 0 aromatic carbocycles. The summed E-state index contributed by atoms with van der Waals surface area (Å²) in [6.07, 6.45) is 7.88. The number of aliphatic carboxylic acids is 1. The Bertz CT molecular complexity index is 296. The number of rotatable bonds is 12. The van der Waals surface area contributed by atoms with E-state index in [2.05, 4.69) is 20.8 Å². The third-order valence-corrected chi connectivity index (χ3v) is 3.95. The summed E-state index contributed by atoms with van der Waals surface area (Å²) in [5.74, 6) is -0.554. The molecule has 0 spiro atoms. The number of aliphatic hydroxyl groups is 1. The highest BCUT2D eigenvalue weighted by Gasteiger charge is 2.21. The predicted octanol–water partition coefficient (Wildman–Crippen LogP) is 2.74. The van der Waals surface area contributed by atoms with E-state index in [1.165, 1.54) is 12.8 Å². The largest absolute Gasteiger partial charge is 0.550 e. The second-order valence-electron chi connectivity index (χ2n) is 5.48. The molecule has 0 unspecified atom stereocenters. The van der Waals surface area contributed by atoms with Gasteiger partial charge in [-0.25, -0.2) is 0 Å².